The zero-order valence-electron chi connectivity index (χ0n) is 9.75. The van der Waals surface area contributed by atoms with Crippen LogP contribution in [0.5, 0.6) is 0 Å². The lowest BCUT2D eigenvalue weighted by atomic mass is 10.1. The highest BCUT2D eigenvalue weighted by atomic mass is 35.5. The van der Waals surface area contributed by atoms with Crippen LogP contribution < -0.4 is 5.73 Å². The van der Waals surface area contributed by atoms with Crippen molar-refractivity contribution in [3.8, 4) is 5.69 Å². The molecule has 2 heterocycles. The molecule has 19 heavy (non-hydrogen) atoms. The van der Waals surface area contributed by atoms with Crippen molar-refractivity contribution in [2.45, 2.75) is 0 Å². The number of nitrogens with two attached hydrogens (primary N) is 1. The Bertz CT molecular complexity index is 781. The van der Waals surface area contributed by atoms with E-state index in [-0.39, 0.29) is 4.99 Å². The molecule has 0 aliphatic rings. The number of fused-ring (bicyclic) bond motifs is 1. The number of aromatic nitrogens is 3. The van der Waals surface area contributed by atoms with Crippen LogP contribution in [0.4, 0.5) is 0 Å². The zero-order valence-corrected chi connectivity index (χ0v) is 11.3. The van der Waals surface area contributed by atoms with Gasteiger partial charge in [0.05, 0.1) is 28.0 Å². The maximum absolute atomic E-state index is 5.93. The molecule has 0 saturated carbocycles. The average Bonchev–Trinajstić information content (AvgIpc) is 2.83. The second-order valence-electron chi connectivity index (χ2n) is 4.01. The Labute approximate surface area is 119 Å². The summed E-state index contributed by atoms with van der Waals surface area (Å²) in [5.41, 5.74) is 8.09. The second kappa shape index (κ2) is 4.60. The number of halogens is 1. The van der Waals surface area contributed by atoms with Crippen molar-refractivity contribution in [3.05, 3.63) is 53.4 Å². The monoisotopic (exact) mass is 288 g/mol. The fourth-order valence-electron chi connectivity index (χ4n) is 1.98. The molecule has 94 valence electrons. The van der Waals surface area contributed by atoms with Gasteiger partial charge in [0, 0.05) is 17.8 Å². The van der Waals surface area contributed by atoms with E-state index in [2.05, 4.69) is 10.1 Å². The normalized spacial score (nSPS) is 10.8. The van der Waals surface area contributed by atoms with Crippen LogP contribution >= 0.6 is 23.8 Å². The van der Waals surface area contributed by atoms with Gasteiger partial charge in [0.2, 0.25) is 0 Å². The summed E-state index contributed by atoms with van der Waals surface area (Å²) < 4.78 is 1.67. The number of hydrogen-bond acceptors (Lipinski definition) is 3. The lowest BCUT2D eigenvalue weighted by Crippen LogP contribution is -2.14. The highest BCUT2D eigenvalue weighted by Gasteiger charge is 2.13. The Morgan fingerprint density at radius 3 is 2.74 bits per heavy atom. The van der Waals surface area contributed by atoms with E-state index in [9.17, 15) is 0 Å². The number of rotatable bonds is 2. The number of nitrogens with zero attached hydrogens (tertiary/aromatic N) is 3. The van der Waals surface area contributed by atoms with Crippen LogP contribution in [0.2, 0.25) is 5.02 Å². The average molecular weight is 289 g/mol. The quantitative estimate of drug-likeness (QED) is 0.737. The van der Waals surface area contributed by atoms with Crippen molar-refractivity contribution in [2.24, 2.45) is 5.73 Å². The summed E-state index contributed by atoms with van der Waals surface area (Å²) in [6.45, 7) is 0. The fraction of sp³-hybridized carbons (Fsp3) is 0. The minimum Gasteiger partial charge on any atom is -0.389 e. The molecule has 0 bridgehead atoms. The molecule has 0 saturated heterocycles. The summed E-state index contributed by atoms with van der Waals surface area (Å²) in [4.78, 5) is 4.63. The first kappa shape index (κ1) is 12.1. The van der Waals surface area contributed by atoms with Gasteiger partial charge in [-0.1, -0.05) is 42.0 Å². The van der Waals surface area contributed by atoms with Crippen LogP contribution in [0.3, 0.4) is 0 Å². The highest BCUT2D eigenvalue weighted by Crippen LogP contribution is 2.25. The van der Waals surface area contributed by atoms with Crippen molar-refractivity contribution in [1.29, 1.82) is 0 Å². The van der Waals surface area contributed by atoms with Crippen molar-refractivity contribution < 1.29 is 0 Å². The van der Waals surface area contributed by atoms with E-state index in [4.69, 9.17) is 29.6 Å². The van der Waals surface area contributed by atoms with Crippen molar-refractivity contribution >= 4 is 39.7 Å². The van der Waals surface area contributed by atoms with Gasteiger partial charge >= 0.3 is 0 Å². The molecule has 0 spiro atoms. The number of para-hydroxylation sites is 1. The minimum atomic E-state index is 0.278. The topological polar surface area (TPSA) is 56.7 Å². The molecule has 2 aromatic heterocycles. The smallest absolute Gasteiger partial charge is 0.107 e. The summed E-state index contributed by atoms with van der Waals surface area (Å²) in [7, 11) is 0. The van der Waals surface area contributed by atoms with Crippen LogP contribution in [0.15, 0.2) is 42.9 Å². The van der Waals surface area contributed by atoms with Gasteiger partial charge in [0.25, 0.3) is 0 Å². The summed E-state index contributed by atoms with van der Waals surface area (Å²) in [5.74, 6) is 0. The zero-order chi connectivity index (χ0) is 13.4. The standard InChI is InChI=1S/C13H9ClN4S/c14-8-5-17-18(7-8)12-9-3-1-2-4-11(9)16-6-10(12)13(15)19/h1-7H,(H2,15,19). The molecule has 0 unspecified atom stereocenters. The number of pyridine rings is 1. The van der Waals surface area contributed by atoms with Crippen LogP contribution in [0.1, 0.15) is 5.56 Å². The molecule has 0 radical (unpaired) electrons. The van der Waals surface area contributed by atoms with Gasteiger partial charge in [0.1, 0.15) is 4.99 Å². The van der Waals surface area contributed by atoms with E-state index in [1.807, 2.05) is 24.3 Å². The predicted molar refractivity (Wildman–Crippen MR) is 79.8 cm³/mol. The van der Waals surface area contributed by atoms with E-state index in [1.54, 1.807) is 23.3 Å². The summed E-state index contributed by atoms with van der Waals surface area (Å²) in [5, 5.41) is 5.70. The SMILES string of the molecule is NC(=S)c1cnc2ccccc2c1-n1cc(Cl)cn1. The fourth-order valence-corrected chi connectivity index (χ4v) is 2.26. The lowest BCUT2D eigenvalue weighted by molar-refractivity contribution is 0.884. The first-order chi connectivity index (χ1) is 9.16. The Morgan fingerprint density at radius 1 is 1.26 bits per heavy atom. The van der Waals surface area contributed by atoms with Gasteiger partial charge in [-0.15, -0.1) is 0 Å². The van der Waals surface area contributed by atoms with Crippen molar-refractivity contribution in [1.82, 2.24) is 14.8 Å². The van der Waals surface area contributed by atoms with Gasteiger partial charge in [0.15, 0.2) is 0 Å². The molecule has 3 rings (SSSR count). The maximum atomic E-state index is 5.93. The lowest BCUT2D eigenvalue weighted by Gasteiger charge is -2.11. The first-order valence-corrected chi connectivity index (χ1v) is 6.33. The van der Waals surface area contributed by atoms with Gasteiger partial charge < -0.3 is 5.73 Å². The molecule has 3 aromatic rings. The molecule has 4 nitrogen and oxygen atoms in total. The third kappa shape index (κ3) is 2.07. The van der Waals surface area contributed by atoms with Gasteiger partial charge in [-0.05, 0) is 6.07 Å². The van der Waals surface area contributed by atoms with Gasteiger partial charge in [-0.3, -0.25) is 4.98 Å². The van der Waals surface area contributed by atoms with E-state index in [0.717, 1.165) is 16.6 Å². The maximum Gasteiger partial charge on any atom is 0.107 e. The van der Waals surface area contributed by atoms with Crippen molar-refractivity contribution in [2.75, 3.05) is 0 Å². The van der Waals surface area contributed by atoms with Crippen LogP contribution in [-0.2, 0) is 0 Å². The summed E-state index contributed by atoms with van der Waals surface area (Å²) in [6.07, 6.45) is 4.95. The minimum absolute atomic E-state index is 0.278. The molecule has 2 N–H and O–H groups in total. The van der Waals surface area contributed by atoms with Crippen LogP contribution in [0.25, 0.3) is 16.6 Å². The molecule has 6 heteroatoms. The highest BCUT2D eigenvalue weighted by molar-refractivity contribution is 7.80. The summed E-state index contributed by atoms with van der Waals surface area (Å²) in [6, 6.07) is 7.74. The van der Waals surface area contributed by atoms with Crippen molar-refractivity contribution in [3.63, 3.8) is 0 Å². The van der Waals surface area contributed by atoms with Gasteiger partial charge in [-0.2, -0.15) is 5.10 Å². The Morgan fingerprint density at radius 2 is 2.05 bits per heavy atom. The predicted octanol–water partition coefficient (Wildman–Crippen LogP) is 2.71. The third-order valence-electron chi connectivity index (χ3n) is 2.79. The van der Waals surface area contributed by atoms with Gasteiger partial charge in [-0.25, -0.2) is 4.68 Å². The Kier molecular flexibility index (Phi) is 2.93. The van der Waals surface area contributed by atoms with E-state index in [1.165, 1.54) is 0 Å². The molecular weight excluding hydrogens is 280 g/mol. The molecule has 1 aromatic carbocycles. The molecule has 0 amide bonds. The van der Waals surface area contributed by atoms with Crippen LogP contribution in [0, 0.1) is 0 Å². The van der Waals surface area contributed by atoms with E-state index >= 15 is 0 Å². The number of thiocarbonyl (C=S) groups is 1. The Hall–Kier alpha value is -1.98. The molecule has 0 fully saturated rings. The molecule has 0 atom stereocenters. The second-order valence-corrected chi connectivity index (χ2v) is 4.88. The van der Waals surface area contributed by atoms with E-state index in [0.29, 0.717) is 10.6 Å². The summed E-state index contributed by atoms with van der Waals surface area (Å²) >= 11 is 11.0. The first-order valence-electron chi connectivity index (χ1n) is 5.55. The number of hydrogen-bond donors (Lipinski definition) is 1. The molecule has 0 aliphatic heterocycles. The third-order valence-corrected chi connectivity index (χ3v) is 3.21. The molecular formula is C13H9ClN4S. The Balaban J connectivity index is 2.41. The molecule has 0 aliphatic carbocycles. The van der Waals surface area contributed by atoms with E-state index < -0.39 is 0 Å². The largest absolute Gasteiger partial charge is 0.389 e. The van der Waals surface area contributed by atoms with Crippen LogP contribution in [-0.4, -0.2) is 19.8 Å². The number of benzene rings is 1.